The van der Waals surface area contributed by atoms with Crippen LogP contribution in [0.1, 0.15) is 19.3 Å². The smallest absolute Gasteiger partial charge is 0.239 e. The maximum atomic E-state index is 13.9. The number of piperidine rings is 1. The van der Waals surface area contributed by atoms with Crippen LogP contribution >= 0.6 is 0 Å². The predicted octanol–water partition coefficient (Wildman–Crippen LogP) is 2.48. The van der Waals surface area contributed by atoms with Crippen LogP contribution in [0.15, 0.2) is 54.6 Å². The number of aliphatic hydroxyl groups excluding tert-OH is 1. The van der Waals surface area contributed by atoms with Crippen molar-refractivity contribution in [3.05, 3.63) is 60.4 Å². The second kappa shape index (κ2) is 12.3. The summed E-state index contributed by atoms with van der Waals surface area (Å²) in [6, 6.07) is 9.80. The number of primary amides is 1. The van der Waals surface area contributed by atoms with Gasteiger partial charge in [0.25, 0.3) is 0 Å². The predicted molar refractivity (Wildman–Crippen MR) is 149 cm³/mol. The summed E-state index contributed by atoms with van der Waals surface area (Å²) in [6.45, 7) is 3.52. The third-order valence-electron chi connectivity index (χ3n) is 6.99. The summed E-state index contributed by atoms with van der Waals surface area (Å²) >= 11 is 0. The van der Waals surface area contributed by atoms with Crippen LogP contribution in [-0.2, 0) is 4.79 Å². The molecule has 5 rings (SSSR count). The molecule has 2 aliphatic rings. The van der Waals surface area contributed by atoms with Gasteiger partial charge in [0.1, 0.15) is 24.5 Å². The maximum absolute atomic E-state index is 13.9. The fourth-order valence-electron chi connectivity index (χ4n) is 4.98. The van der Waals surface area contributed by atoms with Crippen molar-refractivity contribution < 1.29 is 23.8 Å². The highest BCUT2D eigenvalue weighted by Crippen LogP contribution is 2.35. The molecular weight excluding hydrogens is 517 g/mol. The van der Waals surface area contributed by atoms with Crippen molar-refractivity contribution >= 4 is 28.3 Å². The molecule has 12 heteroatoms. The zero-order valence-electron chi connectivity index (χ0n) is 22.4. The third-order valence-corrected chi connectivity index (χ3v) is 6.99. The number of likely N-dealkylation sites (tertiary alicyclic amines) is 1. The molecule has 0 radical (unpaired) electrons. The molecule has 1 aromatic heterocycles. The van der Waals surface area contributed by atoms with E-state index in [1.165, 1.54) is 18.5 Å². The van der Waals surface area contributed by atoms with Crippen molar-refractivity contribution in [1.82, 2.24) is 19.9 Å². The van der Waals surface area contributed by atoms with Crippen LogP contribution < -0.4 is 25.5 Å². The molecule has 0 spiro atoms. The minimum atomic E-state index is -0.515. The Balaban J connectivity index is 1.29. The van der Waals surface area contributed by atoms with E-state index in [0.29, 0.717) is 41.7 Å². The van der Waals surface area contributed by atoms with E-state index in [1.54, 1.807) is 35.5 Å². The number of hydrogen-bond acceptors (Lipinski definition) is 10. The highest BCUT2D eigenvalue weighted by atomic mass is 19.1. The van der Waals surface area contributed by atoms with Gasteiger partial charge >= 0.3 is 0 Å². The largest absolute Gasteiger partial charge is 0.493 e. The summed E-state index contributed by atoms with van der Waals surface area (Å²) in [7, 11) is 1.59. The van der Waals surface area contributed by atoms with E-state index in [-0.39, 0.29) is 18.5 Å². The molecule has 11 nitrogen and oxygen atoms in total. The number of hydrogen-bond donors (Lipinski definition) is 3. The standard InChI is InChI=1S/C28H34FN7O4/c1-39-25-13-23-24(14-26(25)40-11-3-8-34-9-6-22(37)7-10-34)31-18-32-28(23)33-20-15-35(17-27(30)38)36(16-20)21-5-2-4-19(29)12-21/h2,4-5,12-15,18,22,37H,3,6-11,16-17H2,1H3,(H2,30,38)(H,31,32,33). The Bertz CT molecular complexity index is 1380. The summed E-state index contributed by atoms with van der Waals surface area (Å²) in [5, 5.41) is 17.1. The molecule has 0 unspecified atom stereocenters. The average Bonchev–Trinajstić information content (AvgIpc) is 3.33. The number of ether oxygens (including phenoxy) is 2. The van der Waals surface area contributed by atoms with Gasteiger partial charge in [0.2, 0.25) is 5.91 Å². The lowest BCUT2D eigenvalue weighted by Crippen LogP contribution is -2.41. The summed E-state index contributed by atoms with van der Waals surface area (Å²) in [5.41, 5.74) is 7.45. The Morgan fingerprint density at radius 2 is 2.02 bits per heavy atom. The summed E-state index contributed by atoms with van der Waals surface area (Å²) in [5.74, 6) is 0.811. The first kappa shape index (κ1) is 27.4. The van der Waals surface area contributed by atoms with E-state index in [9.17, 15) is 14.3 Å². The Morgan fingerprint density at radius 3 is 2.77 bits per heavy atom. The number of aromatic nitrogens is 2. The van der Waals surface area contributed by atoms with E-state index in [2.05, 4.69) is 20.2 Å². The second-order valence-electron chi connectivity index (χ2n) is 9.90. The number of nitrogens with one attached hydrogen (secondary N) is 1. The fraction of sp³-hybridized carbons (Fsp3) is 0.393. The molecule has 2 aliphatic heterocycles. The number of hydrazine groups is 1. The lowest BCUT2D eigenvalue weighted by atomic mass is 10.1. The zero-order valence-corrected chi connectivity index (χ0v) is 22.4. The molecule has 3 heterocycles. The van der Waals surface area contributed by atoms with Crippen LogP contribution in [0.5, 0.6) is 11.5 Å². The number of carbonyl (C=O) groups excluding carboxylic acids is 1. The average molecular weight is 552 g/mol. The number of nitrogens with two attached hydrogens (primary N) is 1. The Labute approximate surface area is 232 Å². The normalized spacial score (nSPS) is 16.3. The lowest BCUT2D eigenvalue weighted by molar-refractivity contribution is -0.118. The molecule has 0 saturated carbocycles. The van der Waals surface area contributed by atoms with Crippen molar-refractivity contribution in [2.45, 2.75) is 25.4 Å². The van der Waals surface area contributed by atoms with E-state index in [4.69, 9.17) is 15.2 Å². The topological polar surface area (TPSA) is 129 Å². The Morgan fingerprint density at radius 1 is 1.20 bits per heavy atom. The van der Waals surface area contributed by atoms with Gasteiger partial charge in [0, 0.05) is 37.3 Å². The minimum Gasteiger partial charge on any atom is -0.493 e. The van der Waals surface area contributed by atoms with Crippen molar-refractivity contribution in [2.24, 2.45) is 5.73 Å². The van der Waals surface area contributed by atoms with Gasteiger partial charge in [-0.05, 0) is 43.5 Å². The molecule has 0 atom stereocenters. The van der Waals surface area contributed by atoms with Crippen LogP contribution in [0.2, 0.25) is 0 Å². The van der Waals surface area contributed by atoms with Crippen LogP contribution in [0.4, 0.5) is 15.9 Å². The van der Waals surface area contributed by atoms with Gasteiger partial charge in [-0.1, -0.05) is 6.07 Å². The molecule has 1 amide bonds. The number of fused-ring (bicyclic) bond motifs is 1. The zero-order chi connectivity index (χ0) is 28.1. The van der Waals surface area contributed by atoms with Gasteiger partial charge in [0.05, 0.1) is 43.3 Å². The number of benzene rings is 2. The van der Waals surface area contributed by atoms with Gasteiger partial charge in [-0.2, -0.15) is 0 Å². The van der Waals surface area contributed by atoms with Gasteiger partial charge in [-0.3, -0.25) is 14.8 Å². The lowest BCUT2D eigenvalue weighted by Gasteiger charge is -2.29. The first-order valence-electron chi connectivity index (χ1n) is 13.3. The number of halogens is 1. The van der Waals surface area contributed by atoms with Crippen molar-refractivity contribution in [2.75, 3.05) is 56.8 Å². The molecule has 4 N–H and O–H groups in total. The highest BCUT2D eigenvalue weighted by Gasteiger charge is 2.25. The first-order chi connectivity index (χ1) is 19.4. The first-order valence-corrected chi connectivity index (χ1v) is 13.3. The number of aliphatic hydroxyl groups is 1. The number of nitrogens with zero attached hydrogens (tertiary/aromatic N) is 5. The monoisotopic (exact) mass is 551 g/mol. The van der Waals surface area contributed by atoms with Crippen LogP contribution in [0.25, 0.3) is 10.9 Å². The number of anilines is 2. The number of amides is 1. The Hall–Kier alpha value is -4.16. The van der Waals surface area contributed by atoms with Gasteiger partial charge in [0.15, 0.2) is 11.5 Å². The van der Waals surface area contributed by atoms with Crippen molar-refractivity contribution in [1.29, 1.82) is 0 Å². The SMILES string of the molecule is COc1cc2c(NC3=CN(CC(N)=O)N(c4cccc(F)c4)C3)ncnc2cc1OCCCN1CCC(O)CC1. The quantitative estimate of drug-likeness (QED) is 0.306. The summed E-state index contributed by atoms with van der Waals surface area (Å²) in [6.07, 6.45) is 5.53. The van der Waals surface area contributed by atoms with E-state index < -0.39 is 5.91 Å². The highest BCUT2D eigenvalue weighted by molar-refractivity contribution is 5.92. The van der Waals surface area contributed by atoms with E-state index in [1.807, 2.05) is 12.1 Å². The van der Waals surface area contributed by atoms with Crippen LogP contribution in [0, 0.1) is 5.82 Å². The molecule has 0 aliphatic carbocycles. The number of rotatable bonds is 11. The molecule has 0 bridgehead atoms. The van der Waals surface area contributed by atoms with Crippen molar-refractivity contribution in [3.63, 3.8) is 0 Å². The summed E-state index contributed by atoms with van der Waals surface area (Å²) < 4.78 is 25.6. The molecule has 1 fully saturated rings. The molecule has 40 heavy (non-hydrogen) atoms. The third kappa shape index (κ3) is 6.52. The van der Waals surface area contributed by atoms with E-state index in [0.717, 1.165) is 50.0 Å². The maximum Gasteiger partial charge on any atom is 0.239 e. The fourth-order valence-corrected chi connectivity index (χ4v) is 4.98. The number of carbonyl (C=O) groups is 1. The van der Waals surface area contributed by atoms with Crippen molar-refractivity contribution in [3.8, 4) is 11.5 Å². The van der Waals surface area contributed by atoms with E-state index >= 15 is 0 Å². The molecule has 2 aromatic carbocycles. The number of methoxy groups -OCH3 is 1. The molecule has 1 saturated heterocycles. The summed E-state index contributed by atoms with van der Waals surface area (Å²) in [4.78, 5) is 22.9. The minimum absolute atomic E-state index is 0.0690. The molecule has 3 aromatic rings. The van der Waals surface area contributed by atoms with Gasteiger partial charge < -0.3 is 30.5 Å². The second-order valence-corrected chi connectivity index (χ2v) is 9.90. The molecular formula is C28H34FN7O4. The van der Waals surface area contributed by atoms with Crippen LogP contribution in [0.3, 0.4) is 0 Å². The molecule has 212 valence electrons. The Kier molecular flexibility index (Phi) is 8.46. The van der Waals surface area contributed by atoms with Crippen LogP contribution in [-0.4, -0.2) is 83.4 Å². The van der Waals surface area contributed by atoms with Gasteiger partial charge in [-0.25, -0.2) is 14.4 Å². The van der Waals surface area contributed by atoms with Gasteiger partial charge in [-0.15, -0.1) is 0 Å².